The van der Waals surface area contributed by atoms with E-state index in [0.717, 1.165) is 24.8 Å². The molecule has 0 atom stereocenters. The Hall–Kier alpha value is -1.90. The van der Waals surface area contributed by atoms with Crippen LogP contribution < -0.4 is 0 Å². The smallest absolute Gasteiger partial charge is 0.170 e. The van der Waals surface area contributed by atoms with Gasteiger partial charge in [0.25, 0.3) is 0 Å². The highest BCUT2D eigenvalue weighted by Crippen LogP contribution is 2.09. The molecule has 1 aromatic carbocycles. The maximum Gasteiger partial charge on any atom is 0.170 e. The molecule has 16 heavy (non-hydrogen) atoms. The summed E-state index contributed by atoms with van der Waals surface area (Å²) in [7, 11) is 1.92. The standard InChI is InChI=1S/C13H14N2O/c1-15-10-14-12(9-16)13(15)8-7-11-5-3-2-4-6-11/h2-6,9-10H,7-8H2,1H3. The fourth-order valence-electron chi connectivity index (χ4n) is 1.78. The Labute approximate surface area is 94.7 Å². The molecule has 82 valence electrons. The number of hydrogen-bond donors (Lipinski definition) is 0. The van der Waals surface area contributed by atoms with Gasteiger partial charge < -0.3 is 4.57 Å². The number of aromatic nitrogens is 2. The zero-order valence-corrected chi connectivity index (χ0v) is 9.26. The van der Waals surface area contributed by atoms with Crippen LogP contribution in [0.15, 0.2) is 36.7 Å². The molecule has 3 heteroatoms. The third-order valence-electron chi connectivity index (χ3n) is 2.70. The molecule has 0 spiro atoms. The Bertz CT molecular complexity index is 474. The number of aryl methyl sites for hydroxylation is 2. The van der Waals surface area contributed by atoms with Crippen LogP contribution in [0.1, 0.15) is 21.7 Å². The molecule has 0 N–H and O–H groups in total. The zero-order valence-electron chi connectivity index (χ0n) is 9.26. The van der Waals surface area contributed by atoms with Crippen molar-refractivity contribution in [3.63, 3.8) is 0 Å². The maximum atomic E-state index is 10.8. The predicted octanol–water partition coefficient (Wildman–Crippen LogP) is 2.02. The van der Waals surface area contributed by atoms with Gasteiger partial charge in [0.05, 0.1) is 6.33 Å². The highest BCUT2D eigenvalue weighted by molar-refractivity contribution is 5.73. The molecular weight excluding hydrogens is 200 g/mol. The van der Waals surface area contributed by atoms with Crippen LogP contribution in [0, 0.1) is 0 Å². The number of nitrogens with zero attached hydrogens (tertiary/aromatic N) is 2. The lowest BCUT2D eigenvalue weighted by Gasteiger charge is -2.03. The van der Waals surface area contributed by atoms with E-state index in [4.69, 9.17) is 0 Å². The van der Waals surface area contributed by atoms with Crippen LogP contribution in [0.25, 0.3) is 0 Å². The Morgan fingerprint density at radius 1 is 1.25 bits per heavy atom. The highest BCUT2D eigenvalue weighted by atomic mass is 16.1. The van der Waals surface area contributed by atoms with E-state index in [-0.39, 0.29) is 0 Å². The van der Waals surface area contributed by atoms with Crippen LogP contribution in [0.5, 0.6) is 0 Å². The number of benzene rings is 1. The van der Waals surface area contributed by atoms with E-state index in [1.165, 1.54) is 5.56 Å². The minimum absolute atomic E-state index is 0.554. The molecule has 1 aromatic heterocycles. The third kappa shape index (κ3) is 2.19. The molecule has 0 bridgehead atoms. The lowest BCUT2D eigenvalue weighted by atomic mass is 10.1. The SMILES string of the molecule is Cn1cnc(C=O)c1CCc1ccccc1. The molecule has 0 aliphatic carbocycles. The first kappa shape index (κ1) is 10.6. The summed E-state index contributed by atoms with van der Waals surface area (Å²) in [4.78, 5) is 14.8. The van der Waals surface area contributed by atoms with Gasteiger partial charge in [0.2, 0.25) is 0 Å². The van der Waals surface area contributed by atoms with Crippen LogP contribution in [0.3, 0.4) is 0 Å². The number of rotatable bonds is 4. The van der Waals surface area contributed by atoms with Crippen molar-refractivity contribution >= 4 is 6.29 Å². The van der Waals surface area contributed by atoms with Gasteiger partial charge >= 0.3 is 0 Å². The lowest BCUT2D eigenvalue weighted by molar-refractivity contribution is 0.111. The second-order valence-corrected chi connectivity index (χ2v) is 3.79. The first-order valence-corrected chi connectivity index (χ1v) is 5.30. The molecule has 0 radical (unpaired) electrons. The van der Waals surface area contributed by atoms with Crippen molar-refractivity contribution in [3.8, 4) is 0 Å². The van der Waals surface area contributed by atoms with Crippen LogP contribution in [0.2, 0.25) is 0 Å². The van der Waals surface area contributed by atoms with E-state index >= 15 is 0 Å². The number of hydrogen-bond acceptors (Lipinski definition) is 2. The number of carbonyl (C=O) groups excluding carboxylic acids is 1. The second-order valence-electron chi connectivity index (χ2n) is 3.79. The summed E-state index contributed by atoms with van der Waals surface area (Å²) in [5, 5.41) is 0. The van der Waals surface area contributed by atoms with E-state index in [1.807, 2.05) is 29.8 Å². The predicted molar refractivity (Wildman–Crippen MR) is 62.4 cm³/mol. The number of imidazole rings is 1. The lowest BCUT2D eigenvalue weighted by Crippen LogP contribution is -2.01. The van der Waals surface area contributed by atoms with Gasteiger partial charge in [-0.15, -0.1) is 0 Å². The largest absolute Gasteiger partial charge is 0.337 e. The molecule has 0 unspecified atom stereocenters. The first-order valence-electron chi connectivity index (χ1n) is 5.30. The van der Waals surface area contributed by atoms with Gasteiger partial charge in [-0.2, -0.15) is 0 Å². The van der Waals surface area contributed by atoms with Gasteiger partial charge in [-0.05, 0) is 18.4 Å². The third-order valence-corrected chi connectivity index (χ3v) is 2.70. The van der Waals surface area contributed by atoms with Crippen molar-refractivity contribution in [2.75, 3.05) is 0 Å². The van der Waals surface area contributed by atoms with E-state index < -0.39 is 0 Å². The van der Waals surface area contributed by atoms with E-state index in [0.29, 0.717) is 5.69 Å². The molecule has 0 aliphatic heterocycles. The van der Waals surface area contributed by atoms with Crippen molar-refractivity contribution < 1.29 is 4.79 Å². The Morgan fingerprint density at radius 3 is 2.69 bits per heavy atom. The quantitative estimate of drug-likeness (QED) is 0.730. The number of carbonyl (C=O) groups is 1. The van der Waals surface area contributed by atoms with Gasteiger partial charge in [0.1, 0.15) is 5.69 Å². The fraction of sp³-hybridized carbons (Fsp3) is 0.231. The van der Waals surface area contributed by atoms with Crippen LogP contribution in [-0.2, 0) is 19.9 Å². The average molecular weight is 214 g/mol. The number of aldehydes is 1. The van der Waals surface area contributed by atoms with Crippen molar-refractivity contribution in [1.82, 2.24) is 9.55 Å². The van der Waals surface area contributed by atoms with Crippen molar-refractivity contribution in [1.29, 1.82) is 0 Å². The van der Waals surface area contributed by atoms with E-state index in [1.54, 1.807) is 6.33 Å². The molecule has 2 rings (SSSR count). The highest BCUT2D eigenvalue weighted by Gasteiger charge is 2.07. The van der Waals surface area contributed by atoms with E-state index in [9.17, 15) is 4.79 Å². The summed E-state index contributed by atoms with van der Waals surface area (Å²) < 4.78 is 1.91. The topological polar surface area (TPSA) is 34.9 Å². The maximum absolute atomic E-state index is 10.8. The Morgan fingerprint density at radius 2 is 2.00 bits per heavy atom. The van der Waals surface area contributed by atoms with Gasteiger partial charge in [0.15, 0.2) is 6.29 Å². The summed E-state index contributed by atoms with van der Waals surface area (Å²) in [6, 6.07) is 10.2. The molecule has 0 fully saturated rings. The Balaban J connectivity index is 2.10. The van der Waals surface area contributed by atoms with E-state index in [2.05, 4.69) is 17.1 Å². The molecule has 2 aromatic rings. The minimum atomic E-state index is 0.554. The summed E-state index contributed by atoms with van der Waals surface area (Å²) in [5.41, 5.74) is 2.83. The minimum Gasteiger partial charge on any atom is -0.337 e. The first-order chi connectivity index (χ1) is 7.81. The molecule has 0 saturated carbocycles. The van der Waals surface area contributed by atoms with Crippen LogP contribution >= 0.6 is 0 Å². The monoisotopic (exact) mass is 214 g/mol. The van der Waals surface area contributed by atoms with Gasteiger partial charge in [-0.1, -0.05) is 30.3 Å². The summed E-state index contributed by atoms with van der Waals surface area (Å²) in [5.74, 6) is 0. The zero-order chi connectivity index (χ0) is 11.4. The van der Waals surface area contributed by atoms with Crippen LogP contribution in [-0.4, -0.2) is 15.8 Å². The molecule has 1 heterocycles. The molecule has 0 amide bonds. The summed E-state index contributed by atoms with van der Waals surface area (Å²) in [6.07, 6.45) is 4.28. The average Bonchev–Trinajstić information content (AvgIpc) is 2.69. The summed E-state index contributed by atoms with van der Waals surface area (Å²) >= 11 is 0. The van der Waals surface area contributed by atoms with Gasteiger partial charge in [-0.3, -0.25) is 4.79 Å². The molecule has 0 saturated heterocycles. The van der Waals surface area contributed by atoms with Crippen LogP contribution in [0.4, 0.5) is 0 Å². The summed E-state index contributed by atoms with van der Waals surface area (Å²) in [6.45, 7) is 0. The molecule has 3 nitrogen and oxygen atoms in total. The molecule has 0 aliphatic rings. The van der Waals surface area contributed by atoms with Crippen molar-refractivity contribution in [2.24, 2.45) is 7.05 Å². The Kier molecular flexibility index (Phi) is 3.15. The van der Waals surface area contributed by atoms with Gasteiger partial charge in [-0.25, -0.2) is 4.98 Å². The van der Waals surface area contributed by atoms with Crippen molar-refractivity contribution in [3.05, 3.63) is 53.6 Å². The van der Waals surface area contributed by atoms with Crippen molar-refractivity contribution in [2.45, 2.75) is 12.8 Å². The normalized spacial score (nSPS) is 10.3. The van der Waals surface area contributed by atoms with Gasteiger partial charge in [0, 0.05) is 12.7 Å². The second kappa shape index (κ2) is 4.75. The fourth-order valence-corrected chi connectivity index (χ4v) is 1.78. The molecular formula is C13H14N2O.